The Morgan fingerprint density at radius 1 is 1.20 bits per heavy atom. The molecule has 0 saturated carbocycles. The van der Waals surface area contributed by atoms with Gasteiger partial charge in [-0.15, -0.1) is 21.5 Å². The fourth-order valence-electron chi connectivity index (χ4n) is 1.83. The van der Waals surface area contributed by atoms with Crippen LogP contribution in [0.1, 0.15) is 21.3 Å². The molecule has 20 heavy (non-hydrogen) atoms. The van der Waals surface area contributed by atoms with E-state index in [4.69, 9.17) is 0 Å². The fraction of sp³-hybridized carbons (Fsp3) is 0.333. The number of aromatic amines is 1. The van der Waals surface area contributed by atoms with Crippen LogP contribution in [0, 0.1) is 20.8 Å². The molecule has 3 heterocycles. The summed E-state index contributed by atoms with van der Waals surface area (Å²) >= 11 is 4.65. The lowest BCUT2D eigenvalue weighted by molar-refractivity contribution is 0.979. The molecule has 0 bridgehead atoms. The van der Waals surface area contributed by atoms with Gasteiger partial charge in [0.05, 0.1) is 11.1 Å². The highest BCUT2D eigenvalue weighted by Gasteiger charge is 2.12. The second-order valence-electron chi connectivity index (χ2n) is 4.35. The number of nitrogens with zero attached hydrogens (tertiary/aromatic N) is 3. The lowest BCUT2D eigenvalue weighted by Gasteiger charge is -1.98. The molecule has 0 fully saturated rings. The van der Waals surface area contributed by atoms with E-state index in [1.807, 2.05) is 20.8 Å². The van der Waals surface area contributed by atoms with E-state index in [0.717, 1.165) is 24.6 Å². The first-order valence-electron chi connectivity index (χ1n) is 5.96. The summed E-state index contributed by atoms with van der Waals surface area (Å²) in [6, 6.07) is 0. The lowest BCUT2D eigenvalue weighted by Crippen LogP contribution is -2.10. The molecule has 0 atom stereocenters. The van der Waals surface area contributed by atoms with Gasteiger partial charge in [-0.1, -0.05) is 23.1 Å². The highest BCUT2D eigenvalue weighted by molar-refractivity contribution is 8.00. The number of nitrogens with one attached hydrogen (secondary N) is 1. The lowest BCUT2D eigenvalue weighted by atomic mass is 10.2. The maximum Gasteiger partial charge on any atom is 0.259 e. The molecule has 0 aliphatic carbocycles. The molecule has 0 radical (unpaired) electrons. The smallest absolute Gasteiger partial charge is 0.259 e. The van der Waals surface area contributed by atoms with Gasteiger partial charge < -0.3 is 4.98 Å². The minimum Gasteiger partial charge on any atom is -0.309 e. The van der Waals surface area contributed by atoms with Gasteiger partial charge in [-0.25, -0.2) is 4.98 Å². The number of hydrogen-bond donors (Lipinski definition) is 1. The summed E-state index contributed by atoms with van der Waals surface area (Å²) in [7, 11) is 0. The van der Waals surface area contributed by atoms with Crippen molar-refractivity contribution in [1.82, 2.24) is 20.2 Å². The van der Waals surface area contributed by atoms with Crippen LogP contribution >= 0.6 is 34.4 Å². The summed E-state index contributed by atoms with van der Waals surface area (Å²) < 4.78 is 0.892. The van der Waals surface area contributed by atoms with Crippen LogP contribution in [0.25, 0.3) is 10.2 Å². The molecule has 3 aromatic heterocycles. The third kappa shape index (κ3) is 2.50. The molecule has 0 unspecified atom stereocenters. The van der Waals surface area contributed by atoms with Gasteiger partial charge in [-0.05, 0) is 26.3 Å². The molecule has 1 N–H and O–H groups in total. The van der Waals surface area contributed by atoms with Gasteiger partial charge in [0.25, 0.3) is 5.56 Å². The van der Waals surface area contributed by atoms with Crippen LogP contribution < -0.4 is 5.56 Å². The number of thioether (sulfide) groups is 1. The number of hydrogen-bond acceptors (Lipinski definition) is 7. The standard InChI is InChI=1S/C12H12N4OS3/c1-5-6(2)19-11-9(5)10(17)13-8(14-11)4-18-12-16-15-7(3)20-12/h4H2,1-3H3,(H,13,14,17). The van der Waals surface area contributed by atoms with Crippen LogP contribution in [0.2, 0.25) is 0 Å². The Hall–Kier alpha value is -1.25. The maximum atomic E-state index is 12.1. The molecule has 104 valence electrons. The highest BCUT2D eigenvalue weighted by atomic mass is 32.2. The van der Waals surface area contributed by atoms with Gasteiger partial charge >= 0.3 is 0 Å². The van der Waals surface area contributed by atoms with E-state index in [-0.39, 0.29) is 5.56 Å². The second-order valence-corrected chi connectivity index (χ2v) is 7.96. The molecule has 0 aliphatic heterocycles. The van der Waals surface area contributed by atoms with Crippen molar-refractivity contribution in [1.29, 1.82) is 0 Å². The predicted octanol–water partition coefficient (Wildman–Crippen LogP) is 3.05. The number of fused-ring (bicyclic) bond motifs is 1. The topological polar surface area (TPSA) is 71.5 Å². The number of aryl methyl sites for hydroxylation is 3. The van der Waals surface area contributed by atoms with Crippen molar-refractivity contribution in [3.05, 3.63) is 31.6 Å². The molecule has 0 amide bonds. The van der Waals surface area contributed by atoms with Gasteiger partial charge in [-0.2, -0.15) is 0 Å². The first kappa shape index (κ1) is 13.7. The van der Waals surface area contributed by atoms with Crippen LogP contribution in [0.4, 0.5) is 0 Å². The normalized spacial score (nSPS) is 11.3. The van der Waals surface area contributed by atoms with Gasteiger partial charge in [-0.3, -0.25) is 4.79 Å². The highest BCUT2D eigenvalue weighted by Crippen LogP contribution is 2.28. The zero-order valence-electron chi connectivity index (χ0n) is 11.2. The molecule has 3 aromatic rings. The Balaban J connectivity index is 1.91. The average molecular weight is 324 g/mol. The molecule has 3 rings (SSSR count). The minimum atomic E-state index is -0.0547. The van der Waals surface area contributed by atoms with E-state index >= 15 is 0 Å². The van der Waals surface area contributed by atoms with Crippen LogP contribution in [-0.4, -0.2) is 20.2 Å². The van der Waals surface area contributed by atoms with E-state index in [2.05, 4.69) is 20.2 Å². The summed E-state index contributed by atoms with van der Waals surface area (Å²) in [5.74, 6) is 1.28. The SMILES string of the molecule is Cc1nnc(SCc2nc3sc(C)c(C)c3c(=O)[nH]2)s1. The first-order chi connectivity index (χ1) is 9.54. The van der Waals surface area contributed by atoms with E-state index < -0.39 is 0 Å². The summed E-state index contributed by atoms with van der Waals surface area (Å²) in [4.78, 5) is 21.5. The van der Waals surface area contributed by atoms with Gasteiger partial charge in [0, 0.05) is 4.88 Å². The number of H-pyrrole nitrogens is 1. The molecule has 0 aliphatic rings. The maximum absolute atomic E-state index is 12.1. The Kier molecular flexibility index (Phi) is 3.61. The van der Waals surface area contributed by atoms with E-state index in [0.29, 0.717) is 17.0 Å². The molecule has 5 nitrogen and oxygen atoms in total. The monoisotopic (exact) mass is 324 g/mol. The number of aromatic nitrogens is 4. The van der Waals surface area contributed by atoms with Crippen LogP contribution in [0.15, 0.2) is 9.13 Å². The largest absolute Gasteiger partial charge is 0.309 e. The third-order valence-corrected chi connectivity index (χ3v) is 6.01. The quantitative estimate of drug-likeness (QED) is 0.750. The van der Waals surface area contributed by atoms with Crippen LogP contribution in [0.3, 0.4) is 0 Å². The Bertz CT molecular complexity index is 833. The van der Waals surface area contributed by atoms with Crippen molar-refractivity contribution < 1.29 is 0 Å². The summed E-state index contributed by atoms with van der Waals surface area (Å²) in [5, 5.41) is 9.67. The predicted molar refractivity (Wildman–Crippen MR) is 83.9 cm³/mol. The van der Waals surface area contributed by atoms with Crippen molar-refractivity contribution in [3.8, 4) is 0 Å². The Morgan fingerprint density at radius 2 is 2.00 bits per heavy atom. The zero-order chi connectivity index (χ0) is 14.3. The Labute approximate surface area is 127 Å². The van der Waals surface area contributed by atoms with E-state index in [9.17, 15) is 4.79 Å². The molecule has 0 saturated heterocycles. The van der Waals surface area contributed by atoms with Crippen molar-refractivity contribution in [2.45, 2.75) is 30.9 Å². The number of rotatable bonds is 3. The molecule has 0 aromatic carbocycles. The molecule has 8 heteroatoms. The third-order valence-electron chi connectivity index (χ3n) is 2.93. The zero-order valence-corrected chi connectivity index (χ0v) is 13.6. The van der Waals surface area contributed by atoms with Gasteiger partial charge in [0.1, 0.15) is 15.7 Å². The molecular weight excluding hydrogens is 312 g/mol. The fourth-order valence-corrected chi connectivity index (χ4v) is 4.57. The van der Waals surface area contributed by atoms with Crippen LogP contribution in [-0.2, 0) is 5.75 Å². The van der Waals surface area contributed by atoms with Gasteiger partial charge in [0.2, 0.25) is 0 Å². The van der Waals surface area contributed by atoms with Gasteiger partial charge in [0.15, 0.2) is 4.34 Å². The van der Waals surface area contributed by atoms with E-state index in [1.54, 1.807) is 22.7 Å². The summed E-state index contributed by atoms with van der Waals surface area (Å²) in [5.41, 5.74) is 0.971. The van der Waals surface area contributed by atoms with Crippen LogP contribution in [0.5, 0.6) is 0 Å². The van der Waals surface area contributed by atoms with E-state index in [1.165, 1.54) is 11.8 Å². The molecular formula is C12H12N4OS3. The Morgan fingerprint density at radius 3 is 2.70 bits per heavy atom. The summed E-state index contributed by atoms with van der Waals surface area (Å²) in [6.07, 6.45) is 0. The van der Waals surface area contributed by atoms with Crippen molar-refractivity contribution in [2.24, 2.45) is 0 Å². The first-order valence-corrected chi connectivity index (χ1v) is 8.58. The summed E-state index contributed by atoms with van der Waals surface area (Å²) in [6.45, 7) is 5.90. The molecule has 0 spiro atoms. The average Bonchev–Trinajstić information content (AvgIpc) is 2.92. The van der Waals surface area contributed by atoms with Crippen molar-refractivity contribution in [3.63, 3.8) is 0 Å². The van der Waals surface area contributed by atoms with Crippen molar-refractivity contribution in [2.75, 3.05) is 0 Å². The second kappa shape index (κ2) is 5.27. The number of thiophene rings is 1. The minimum absolute atomic E-state index is 0.0547. The van der Waals surface area contributed by atoms with Crippen molar-refractivity contribution >= 4 is 44.7 Å².